The molecule has 2 aromatic heterocycles. The first-order valence-corrected chi connectivity index (χ1v) is 10.6. The topological polar surface area (TPSA) is 105 Å². The Bertz CT molecular complexity index is 976. The lowest BCUT2D eigenvalue weighted by molar-refractivity contribution is 0.410. The Morgan fingerprint density at radius 3 is 2.69 bits per heavy atom. The van der Waals surface area contributed by atoms with E-state index in [1.165, 1.54) is 0 Å². The number of nitrogens with zero attached hydrogens (tertiary/aromatic N) is 3. The smallest absolute Gasteiger partial charge is 0.225 e. The Balaban J connectivity index is 1.62. The summed E-state index contributed by atoms with van der Waals surface area (Å²) in [6.07, 6.45) is 4.14. The highest BCUT2D eigenvalue weighted by atomic mass is 35.5. The highest BCUT2D eigenvalue weighted by molar-refractivity contribution is 6.30. The lowest BCUT2D eigenvalue weighted by Crippen LogP contribution is -2.33. The standard InChI is InChI=1S/C21H28ClN7/c1-12(2)17-18-19(29-28-17)20(24-11-13-4-3-5-14(22)10-13)27-21(26-18)25-16-8-6-15(23)7-9-16/h3-5,10,12,15-16H,6-9,11,23H2,1-2H3,(H,28,29)(H2,24,25,26,27). The van der Waals surface area contributed by atoms with Crippen molar-refractivity contribution in [3.05, 3.63) is 40.5 Å². The molecule has 29 heavy (non-hydrogen) atoms. The average Bonchev–Trinajstić information content (AvgIpc) is 3.12. The summed E-state index contributed by atoms with van der Waals surface area (Å²) in [4.78, 5) is 9.54. The van der Waals surface area contributed by atoms with Gasteiger partial charge in [0.1, 0.15) is 5.52 Å². The van der Waals surface area contributed by atoms with E-state index in [1.807, 2.05) is 24.3 Å². The second kappa shape index (κ2) is 8.55. The molecule has 3 aromatic rings. The zero-order chi connectivity index (χ0) is 20.4. The number of anilines is 2. The van der Waals surface area contributed by atoms with Crippen LogP contribution in [0.4, 0.5) is 11.8 Å². The van der Waals surface area contributed by atoms with Crippen LogP contribution in [0.1, 0.15) is 56.7 Å². The van der Waals surface area contributed by atoms with E-state index in [4.69, 9.17) is 27.3 Å². The van der Waals surface area contributed by atoms with Crippen LogP contribution in [0.25, 0.3) is 11.0 Å². The molecule has 1 aliphatic carbocycles. The third-order valence-corrected chi connectivity index (χ3v) is 5.69. The van der Waals surface area contributed by atoms with E-state index in [1.54, 1.807) is 0 Å². The maximum atomic E-state index is 6.11. The summed E-state index contributed by atoms with van der Waals surface area (Å²) < 4.78 is 0. The van der Waals surface area contributed by atoms with Crippen LogP contribution >= 0.6 is 11.6 Å². The molecule has 0 aliphatic heterocycles. The van der Waals surface area contributed by atoms with Crippen LogP contribution in [0.3, 0.4) is 0 Å². The summed E-state index contributed by atoms with van der Waals surface area (Å²) >= 11 is 6.11. The number of aromatic nitrogens is 4. The SMILES string of the molecule is CC(C)c1[nH]nc2c(NCc3cccc(Cl)c3)nc(NC3CCC(N)CC3)nc12. The summed E-state index contributed by atoms with van der Waals surface area (Å²) in [5.41, 5.74) is 9.76. The van der Waals surface area contributed by atoms with Crippen molar-refractivity contribution in [2.45, 2.75) is 64.1 Å². The van der Waals surface area contributed by atoms with Crippen molar-refractivity contribution >= 4 is 34.4 Å². The predicted molar refractivity (Wildman–Crippen MR) is 118 cm³/mol. The maximum Gasteiger partial charge on any atom is 0.225 e. The monoisotopic (exact) mass is 413 g/mol. The summed E-state index contributed by atoms with van der Waals surface area (Å²) in [6.45, 7) is 4.86. The van der Waals surface area contributed by atoms with Crippen LogP contribution in [0.5, 0.6) is 0 Å². The van der Waals surface area contributed by atoms with Gasteiger partial charge in [0, 0.05) is 23.7 Å². The lowest BCUT2D eigenvalue weighted by Gasteiger charge is -2.26. The number of nitrogens with two attached hydrogens (primary N) is 1. The zero-order valence-corrected chi connectivity index (χ0v) is 17.6. The molecular weight excluding hydrogens is 386 g/mol. The average molecular weight is 414 g/mol. The van der Waals surface area contributed by atoms with Crippen LogP contribution in [0.2, 0.25) is 5.02 Å². The molecule has 1 aliphatic rings. The van der Waals surface area contributed by atoms with Crippen LogP contribution in [0.15, 0.2) is 24.3 Å². The largest absolute Gasteiger partial charge is 0.364 e. The Morgan fingerprint density at radius 1 is 1.17 bits per heavy atom. The Labute approximate surface area is 175 Å². The molecule has 0 saturated heterocycles. The molecule has 154 valence electrons. The number of H-pyrrole nitrogens is 1. The van der Waals surface area contributed by atoms with Gasteiger partial charge in [0.15, 0.2) is 11.3 Å². The fraction of sp³-hybridized carbons (Fsp3) is 0.476. The molecule has 5 N–H and O–H groups in total. The minimum absolute atomic E-state index is 0.288. The summed E-state index contributed by atoms with van der Waals surface area (Å²) in [5, 5.41) is 15.3. The second-order valence-corrected chi connectivity index (χ2v) is 8.56. The van der Waals surface area contributed by atoms with Crippen LogP contribution in [0, 0.1) is 0 Å². The fourth-order valence-corrected chi connectivity index (χ4v) is 4.00. The number of hydrogen-bond acceptors (Lipinski definition) is 6. The number of fused-ring (bicyclic) bond motifs is 1. The second-order valence-electron chi connectivity index (χ2n) is 8.12. The number of aromatic amines is 1. The van der Waals surface area contributed by atoms with Gasteiger partial charge in [-0.25, -0.2) is 4.98 Å². The Hall–Kier alpha value is -2.38. The molecule has 0 radical (unpaired) electrons. The first-order chi connectivity index (χ1) is 14.0. The molecule has 1 aromatic carbocycles. The van der Waals surface area contributed by atoms with Gasteiger partial charge in [0.05, 0.1) is 5.69 Å². The van der Waals surface area contributed by atoms with E-state index in [9.17, 15) is 0 Å². The number of nitrogens with one attached hydrogen (secondary N) is 3. The van der Waals surface area contributed by atoms with E-state index in [0.29, 0.717) is 30.4 Å². The van der Waals surface area contributed by atoms with Gasteiger partial charge in [-0.05, 0) is 49.3 Å². The van der Waals surface area contributed by atoms with Gasteiger partial charge in [0.25, 0.3) is 0 Å². The Kier molecular flexibility index (Phi) is 5.87. The number of hydrogen-bond donors (Lipinski definition) is 4. The van der Waals surface area contributed by atoms with E-state index in [-0.39, 0.29) is 5.92 Å². The van der Waals surface area contributed by atoms with Crippen molar-refractivity contribution in [2.24, 2.45) is 5.73 Å². The molecule has 0 spiro atoms. The minimum atomic E-state index is 0.288. The highest BCUT2D eigenvalue weighted by Crippen LogP contribution is 2.28. The van der Waals surface area contributed by atoms with Crippen molar-refractivity contribution in [1.82, 2.24) is 20.2 Å². The molecule has 7 nitrogen and oxygen atoms in total. The van der Waals surface area contributed by atoms with Crippen molar-refractivity contribution in [1.29, 1.82) is 0 Å². The maximum absolute atomic E-state index is 6.11. The summed E-state index contributed by atoms with van der Waals surface area (Å²) in [5.74, 6) is 1.64. The number of benzene rings is 1. The molecular formula is C21H28ClN7. The molecule has 0 bridgehead atoms. The van der Waals surface area contributed by atoms with Crippen molar-refractivity contribution in [3.63, 3.8) is 0 Å². The van der Waals surface area contributed by atoms with Crippen LogP contribution in [-0.4, -0.2) is 32.2 Å². The van der Waals surface area contributed by atoms with Gasteiger partial charge in [0.2, 0.25) is 5.95 Å². The molecule has 0 amide bonds. The summed E-state index contributed by atoms with van der Waals surface area (Å²) in [6, 6.07) is 8.46. The minimum Gasteiger partial charge on any atom is -0.364 e. The fourth-order valence-electron chi connectivity index (χ4n) is 3.79. The molecule has 2 heterocycles. The molecule has 4 rings (SSSR count). The van der Waals surface area contributed by atoms with Crippen molar-refractivity contribution in [2.75, 3.05) is 10.6 Å². The number of halogens is 1. The van der Waals surface area contributed by atoms with E-state index in [2.05, 4.69) is 34.7 Å². The quantitative estimate of drug-likeness (QED) is 0.476. The molecule has 1 saturated carbocycles. The summed E-state index contributed by atoms with van der Waals surface area (Å²) in [7, 11) is 0. The predicted octanol–water partition coefficient (Wildman–Crippen LogP) is 4.42. The van der Waals surface area contributed by atoms with Gasteiger partial charge in [-0.3, -0.25) is 5.10 Å². The Morgan fingerprint density at radius 2 is 1.97 bits per heavy atom. The molecule has 0 unspecified atom stereocenters. The van der Waals surface area contributed by atoms with Gasteiger partial charge >= 0.3 is 0 Å². The number of rotatable bonds is 6. The van der Waals surface area contributed by atoms with Gasteiger partial charge in [-0.2, -0.15) is 10.1 Å². The molecule has 0 atom stereocenters. The zero-order valence-electron chi connectivity index (χ0n) is 16.9. The van der Waals surface area contributed by atoms with E-state index >= 15 is 0 Å². The van der Waals surface area contributed by atoms with E-state index < -0.39 is 0 Å². The normalized spacial score (nSPS) is 19.6. The van der Waals surface area contributed by atoms with Crippen LogP contribution < -0.4 is 16.4 Å². The lowest BCUT2D eigenvalue weighted by atomic mass is 9.92. The van der Waals surface area contributed by atoms with Crippen molar-refractivity contribution < 1.29 is 0 Å². The first kappa shape index (κ1) is 19.9. The van der Waals surface area contributed by atoms with Crippen molar-refractivity contribution in [3.8, 4) is 0 Å². The highest BCUT2D eigenvalue weighted by Gasteiger charge is 2.21. The molecule has 8 heteroatoms. The van der Waals surface area contributed by atoms with Crippen LogP contribution in [-0.2, 0) is 6.54 Å². The van der Waals surface area contributed by atoms with Gasteiger partial charge in [-0.15, -0.1) is 0 Å². The van der Waals surface area contributed by atoms with Gasteiger partial charge < -0.3 is 16.4 Å². The van der Waals surface area contributed by atoms with E-state index in [0.717, 1.165) is 53.0 Å². The molecule has 1 fully saturated rings. The first-order valence-electron chi connectivity index (χ1n) is 10.3. The third kappa shape index (κ3) is 4.62. The van der Waals surface area contributed by atoms with Gasteiger partial charge in [-0.1, -0.05) is 37.6 Å². The third-order valence-electron chi connectivity index (χ3n) is 5.46.